The van der Waals surface area contributed by atoms with Crippen molar-refractivity contribution >= 4 is 16.9 Å². The number of rotatable bonds is 1. The molecule has 0 aliphatic carbocycles. The Bertz CT molecular complexity index is 513. The third kappa shape index (κ3) is 1.12. The van der Waals surface area contributed by atoms with Crippen LogP contribution in [0.3, 0.4) is 0 Å². The van der Waals surface area contributed by atoms with Crippen LogP contribution in [-0.4, -0.2) is 20.7 Å². The van der Waals surface area contributed by atoms with Crippen LogP contribution in [0.15, 0.2) is 24.4 Å². The lowest BCUT2D eigenvalue weighted by Gasteiger charge is -2.00. The number of carbonyl (C=O) groups is 1. The van der Waals surface area contributed by atoms with Gasteiger partial charge in [0.15, 0.2) is 0 Å². The van der Waals surface area contributed by atoms with E-state index < -0.39 is 5.97 Å². The van der Waals surface area contributed by atoms with Crippen molar-refractivity contribution in [2.75, 3.05) is 0 Å². The summed E-state index contributed by atoms with van der Waals surface area (Å²) in [4.78, 5) is 10.7. The van der Waals surface area contributed by atoms with Gasteiger partial charge in [0.25, 0.3) is 0 Å². The number of carboxylic acid groups (broad SMARTS) is 1. The fraction of sp³-hybridized carbons (Fsp3) is 0.100. The number of benzene rings is 1. The van der Waals surface area contributed by atoms with Crippen molar-refractivity contribution in [3.63, 3.8) is 0 Å². The third-order valence-electron chi connectivity index (χ3n) is 2.23. The van der Waals surface area contributed by atoms with E-state index in [0.717, 1.165) is 0 Å². The van der Waals surface area contributed by atoms with Gasteiger partial charge >= 0.3 is 5.97 Å². The van der Waals surface area contributed by atoms with Crippen molar-refractivity contribution in [2.24, 2.45) is 7.05 Å². The van der Waals surface area contributed by atoms with Crippen molar-refractivity contribution in [1.29, 1.82) is 0 Å². The second kappa shape index (κ2) is 2.77. The van der Waals surface area contributed by atoms with Gasteiger partial charge in [-0.15, -0.1) is 0 Å². The highest BCUT2D eigenvalue weighted by Crippen LogP contribution is 2.26. The molecule has 0 radical (unpaired) electrons. The van der Waals surface area contributed by atoms with E-state index in [0.29, 0.717) is 10.9 Å². The van der Waals surface area contributed by atoms with E-state index >= 15 is 0 Å². The summed E-state index contributed by atoms with van der Waals surface area (Å²) in [7, 11) is 1.80. The molecular weight excluding hydrogens is 182 g/mol. The lowest BCUT2D eigenvalue weighted by Crippen LogP contribution is -1.96. The molecule has 0 atom stereocenters. The topological polar surface area (TPSA) is 62.5 Å². The Balaban J connectivity index is 2.82. The minimum atomic E-state index is -1.04. The average molecular weight is 191 g/mol. The highest BCUT2D eigenvalue weighted by molar-refractivity contribution is 5.96. The monoisotopic (exact) mass is 191 g/mol. The Hall–Kier alpha value is -1.97. The van der Waals surface area contributed by atoms with Gasteiger partial charge in [-0.2, -0.15) is 0 Å². The Labute approximate surface area is 80.0 Å². The predicted octanol–water partition coefficient (Wildman–Crippen LogP) is 1.58. The Morgan fingerprint density at radius 3 is 2.79 bits per heavy atom. The second-order valence-corrected chi connectivity index (χ2v) is 3.16. The summed E-state index contributed by atoms with van der Waals surface area (Å²) in [6.45, 7) is 0. The Morgan fingerprint density at radius 1 is 1.43 bits per heavy atom. The molecule has 0 amide bonds. The molecule has 0 saturated carbocycles. The van der Waals surface area contributed by atoms with Crippen LogP contribution in [0.25, 0.3) is 10.9 Å². The quantitative estimate of drug-likeness (QED) is 0.719. The molecule has 0 saturated heterocycles. The molecule has 0 unspecified atom stereocenters. The van der Waals surface area contributed by atoms with Crippen LogP contribution in [-0.2, 0) is 7.05 Å². The molecule has 4 heteroatoms. The number of nitrogens with zero attached hydrogens (tertiary/aromatic N) is 1. The third-order valence-corrected chi connectivity index (χ3v) is 2.23. The van der Waals surface area contributed by atoms with Crippen LogP contribution in [0.4, 0.5) is 0 Å². The molecule has 4 nitrogen and oxygen atoms in total. The summed E-state index contributed by atoms with van der Waals surface area (Å²) in [5, 5.41) is 19.0. The van der Waals surface area contributed by atoms with Crippen LogP contribution in [0.2, 0.25) is 0 Å². The number of phenolic OH excluding ortho intramolecular Hbond substituents is 1. The zero-order valence-electron chi connectivity index (χ0n) is 7.56. The van der Waals surface area contributed by atoms with E-state index in [2.05, 4.69) is 0 Å². The van der Waals surface area contributed by atoms with Crippen LogP contribution in [0.5, 0.6) is 5.75 Å². The fourth-order valence-corrected chi connectivity index (χ4v) is 1.48. The van der Waals surface area contributed by atoms with Gasteiger partial charge in [0.1, 0.15) is 5.75 Å². The normalized spacial score (nSPS) is 10.6. The van der Waals surface area contributed by atoms with Gasteiger partial charge < -0.3 is 14.8 Å². The van der Waals surface area contributed by atoms with E-state index in [1.807, 2.05) is 0 Å². The summed E-state index contributed by atoms with van der Waals surface area (Å²) in [6.07, 6.45) is 1.77. The maximum atomic E-state index is 10.7. The van der Waals surface area contributed by atoms with Crippen LogP contribution >= 0.6 is 0 Å². The average Bonchev–Trinajstić information content (AvgIpc) is 2.48. The number of phenols is 1. The van der Waals surface area contributed by atoms with Gasteiger partial charge in [-0.25, -0.2) is 4.79 Å². The molecule has 2 aromatic rings. The van der Waals surface area contributed by atoms with Crippen molar-refractivity contribution in [3.8, 4) is 5.75 Å². The first-order chi connectivity index (χ1) is 6.59. The molecule has 72 valence electrons. The van der Waals surface area contributed by atoms with Gasteiger partial charge in [0, 0.05) is 18.6 Å². The summed E-state index contributed by atoms with van der Waals surface area (Å²) in [6, 6.07) is 4.54. The molecule has 0 aliphatic heterocycles. The first kappa shape index (κ1) is 8.62. The highest BCUT2D eigenvalue weighted by Gasteiger charge is 2.09. The molecule has 0 fully saturated rings. The Morgan fingerprint density at radius 2 is 2.14 bits per heavy atom. The smallest absolute Gasteiger partial charge is 0.335 e. The molecule has 0 spiro atoms. The standard InChI is InChI=1S/C10H9NO3/c1-11-3-2-7-8(11)4-6(10(13)14)5-9(7)12/h2-5,12H,1H3,(H,13,14). The number of aryl methyl sites for hydroxylation is 1. The zero-order chi connectivity index (χ0) is 10.3. The van der Waals surface area contributed by atoms with Gasteiger partial charge in [0.2, 0.25) is 0 Å². The molecule has 0 bridgehead atoms. The molecule has 2 N–H and O–H groups in total. The largest absolute Gasteiger partial charge is 0.507 e. The zero-order valence-corrected chi connectivity index (χ0v) is 7.56. The SMILES string of the molecule is Cn1ccc2c(O)cc(C(=O)O)cc21. The number of aromatic hydroxyl groups is 1. The van der Waals surface area contributed by atoms with Gasteiger partial charge in [-0.3, -0.25) is 0 Å². The van der Waals surface area contributed by atoms with Crippen molar-refractivity contribution in [2.45, 2.75) is 0 Å². The lowest BCUT2D eigenvalue weighted by atomic mass is 10.1. The number of hydrogen-bond acceptors (Lipinski definition) is 2. The molecule has 14 heavy (non-hydrogen) atoms. The first-order valence-corrected chi connectivity index (χ1v) is 4.11. The molecule has 1 heterocycles. The number of fused-ring (bicyclic) bond motifs is 1. The minimum absolute atomic E-state index is 0.000463. The van der Waals surface area contributed by atoms with Gasteiger partial charge in [-0.05, 0) is 18.2 Å². The first-order valence-electron chi connectivity index (χ1n) is 4.11. The fourth-order valence-electron chi connectivity index (χ4n) is 1.48. The lowest BCUT2D eigenvalue weighted by molar-refractivity contribution is 0.0696. The van der Waals surface area contributed by atoms with Crippen LogP contribution in [0.1, 0.15) is 10.4 Å². The molecule has 0 aliphatic rings. The van der Waals surface area contributed by atoms with Gasteiger partial charge in [-0.1, -0.05) is 0 Å². The highest BCUT2D eigenvalue weighted by atomic mass is 16.4. The molecular formula is C10H9NO3. The van der Waals surface area contributed by atoms with Crippen molar-refractivity contribution in [3.05, 3.63) is 30.0 Å². The van der Waals surface area contributed by atoms with Gasteiger partial charge in [0.05, 0.1) is 11.1 Å². The van der Waals surface area contributed by atoms with E-state index in [4.69, 9.17) is 5.11 Å². The van der Waals surface area contributed by atoms with E-state index in [1.165, 1.54) is 12.1 Å². The maximum Gasteiger partial charge on any atom is 0.335 e. The molecule has 2 rings (SSSR count). The van der Waals surface area contributed by atoms with Crippen molar-refractivity contribution < 1.29 is 15.0 Å². The van der Waals surface area contributed by atoms with E-state index in [9.17, 15) is 9.90 Å². The second-order valence-electron chi connectivity index (χ2n) is 3.16. The van der Waals surface area contributed by atoms with E-state index in [1.54, 1.807) is 23.9 Å². The summed E-state index contributed by atoms with van der Waals surface area (Å²) in [5.74, 6) is -1.04. The number of carboxylic acids is 1. The predicted molar refractivity (Wildman–Crippen MR) is 51.5 cm³/mol. The Kier molecular flexibility index (Phi) is 1.70. The number of aromatic carboxylic acids is 1. The molecule has 1 aromatic heterocycles. The summed E-state index contributed by atoms with van der Waals surface area (Å²) in [5.41, 5.74) is 0.805. The van der Waals surface area contributed by atoms with Crippen LogP contribution < -0.4 is 0 Å². The molecule has 1 aromatic carbocycles. The van der Waals surface area contributed by atoms with Crippen molar-refractivity contribution in [1.82, 2.24) is 4.57 Å². The maximum absolute atomic E-state index is 10.7. The number of hydrogen-bond donors (Lipinski definition) is 2. The summed E-state index contributed by atoms with van der Waals surface area (Å²) < 4.78 is 1.77. The van der Waals surface area contributed by atoms with Crippen LogP contribution in [0, 0.1) is 0 Å². The van der Waals surface area contributed by atoms with E-state index in [-0.39, 0.29) is 11.3 Å². The minimum Gasteiger partial charge on any atom is -0.507 e. The number of aromatic nitrogens is 1. The summed E-state index contributed by atoms with van der Waals surface area (Å²) >= 11 is 0.